The minimum absolute atomic E-state index is 0.678. The Morgan fingerprint density at radius 2 is 2.16 bits per heavy atom. The van der Waals surface area contributed by atoms with Crippen LogP contribution in [0.1, 0.15) is 31.0 Å². The van der Waals surface area contributed by atoms with Gasteiger partial charge in [0.25, 0.3) is 0 Å². The molecular weight excluding hydrogens is 236 g/mol. The number of hydrogen-bond acceptors (Lipinski definition) is 3. The molecule has 1 unspecified atom stereocenters. The molecule has 4 nitrogen and oxygen atoms in total. The molecular formula is C15H24N4. The van der Waals surface area contributed by atoms with E-state index in [1.807, 2.05) is 23.9 Å². The predicted molar refractivity (Wildman–Crippen MR) is 76.7 cm³/mol. The molecule has 1 aromatic heterocycles. The summed E-state index contributed by atoms with van der Waals surface area (Å²) in [5.41, 5.74) is 1.91. The van der Waals surface area contributed by atoms with Gasteiger partial charge >= 0.3 is 0 Å². The smallest absolute Gasteiger partial charge is 0.120 e. The molecule has 4 heteroatoms. The fraction of sp³-hybridized carbons (Fsp3) is 0.667. The minimum Gasteiger partial charge on any atom is -0.342 e. The summed E-state index contributed by atoms with van der Waals surface area (Å²) in [6, 6.07) is 4.15. The molecule has 0 saturated carbocycles. The second kappa shape index (κ2) is 6.74. The molecule has 0 aromatic carbocycles. The molecule has 104 valence electrons. The summed E-state index contributed by atoms with van der Waals surface area (Å²) in [6.07, 6.45) is 4.75. The SMILES string of the molecule is CC(CNCc1cc(C#N)n(C)c1)CN1CCCC1. The molecule has 2 rings (SSSR count). The maximum Gasteiger partial charge on any atom is 0.120 e. The first-order chi connectivity index (χ1) is 9.19. The van der Waals surface area contributed by atoms with Crippen LogP contribution < -0.4 is 5.32 Å². The van der Waals surface area contributed by atoms with Crippen molar-refractivity contribution in [2.24, 2.45) is 13.0 Å². The van der Waals surface area contributed by atoms with E-state index < -0.39 is 0 Å². The number of nitrogens with one attached hydrogen (secondary N) is 1. The van der Waals surface area contributed by atoms with Gasteiger partial charge in [0.1, 0.15) is 11.8 Å². The van der Waals surface area contributed by atoms with Crippen LogP contribution >= 0.6 is 0 Å². The summed E-state index contributed by atoms with van der Waals surface area (Å²) in [6.45, 7) is 7.93. The maximum absolute atomic E-state index is 8.91. The Kier molecular flexibility index (Phi) is 5.00. The van der Waals surface area contributed by atoms with Crippen LogP contribution in [0.25, 0.3) is 0 Å². The number of rotatable bonds is 6. The Morgan fingerprint density at radius 1 is 1.42 bits per heavy atom. The van der Waals surface area contributed by atoms with Gasteiger partial charge in [0.05, 0.1) is 0 Å². The maximum atomic E-state index is 8.91. The highest BCUT2D eigenvalue weighted by atomic mass is 15.1. The number of aryl methyl sites for hydroxylation is 1. The van der Waals surface area contributed by atoms with Crippen molar-refractivity contribution in [2.45, 2.75) is 26.3 Å². The number of nitriles is 1. The van der Waals surface area contributed by atoms with Crippen molar-refractivity contribution in [3.63, 3.8) is 0 Å². The van der Waals surface area contributed by atoms with Gasteiger partial charge in [-0.25, -0.2) is 0 Å². The first-order valence-corrected chi connectivity index (χ1v) is 7.17. The van der Waals surface area contributed by atoms with Gasteiger partial charge in [0.2, 0.25) is 0 Å². The van der Waals surface area contributed by atoms with E-state index >= 15 is 0 Å². The number of aromatic nitrogens is 1. The highest BCUT2D eigenvalue weighted by Crippen LogP contribution is 2.10. The third-order valence-electron chi connectivity index (χ3n) is 3.77. The Labute approximate surface area is 116 Å². The van der Waals surface area contributed by atoms with E-state index in [4.69, 9.17) is 5.26 Å². The van der Waals surface area contributed by atoms with Gasteiger partial charge in [-0.3, -0.25) is 0 Å². The third-order valence-corrected chi connectivity index (χ3v) is 3.77. The highest BCUT2D eigenvalue weighted by Gasteiger charge is 2.14. The van der Waals surface area contributed by atoms with Gasteiger partial charge in [-0.05, 0) is 50.0 Å². The Morgan fingerprint density at radius 3 is 2.79 bits per heavy atom. The topological polar surface area (TPSA) is 44.0 Å². The monoisotopic (exact) mass is 260 g/mol. The summed E-state index contributed by atoms with van der Waals surface area (Å²) >= 11 is 0. The Bertz CT molecular complexity index is 437. The number of nitrogens with zero attached hydrogens (tertiary/aromatic N) is 3. The third kappa shape index (κ3) is 4.09. The molecule has 0 spiro atoms. The van der Waals surface area contributed by atoms with Crippen molar-refractivity contribution in [2.75, 3.05) is 26.2 Å². The predicted octanol–water partition coefficient (Wildman–Crippen LogP) is 1.72. The molecule has 0 aliphatic carbocycles. The number of hydrogen-bond donors (Lipinski definition) is 1. The van der Waals surface area contributed by atoms with E-state index in [0.717, 1.165) is 18.8 Å². The molecule has 1 N–H and O–H groups in total. The van der Waals surface area contributed by atoms with E-state index in [-0.39, 0.29) is 0 Å². The van der Waals surface area contributed by atoms with E-state index in [0.29, 0.717) is 5.92 Å². The second-order valence-corrected chi connectivity index (χ2v) is 5.70. The molecule has 0 radical (unpaired) electrons. The molecule has 1 aromatic rings. The average Bonchev–Trinajstić information content (AvgIpc) is 2.99. The fourth-order valence-electron chi connectivity index (χ4n) is 2.77. The van der Waals surface area contributed by atoms with Crippen molar-refractivity contribution in [1.29, 1.82) is 5.26 Å². The Hall–Kier alpha value is -1.31. The van der Waals surface area contributed by atoms with Gasteiger partial charge in [-0.15, -0.1) is 0 Å². The lowest BCUT2D eigenvalue weighted by molar-refractivity contribution is 0.282. The lowest BCUT2D eigenvalue weighted by Gasteiger charge is -2.20. The summed E-state index contributed by atoms with van der Waals surface area (Å²) < 4.78 is 1.88. The molecule has 1 aliphatic rings. The van der Waals surface area contributed by atoms with Crippen LogP contribution in [0.4, 0.5) is 0 Å². The van der Waals surface area contributed by atoms with Gasteiger partial charge in [0.15, 0.2) is 0 Å². The molecule has 0 amide bonds. The van der Waals surface area contributed by atoms with Crippen LogP contribution in [0, 0.1) is 17.2 Å². The van der Waals surface area contributed by atoms with Crippen LogP contribution in [-0.4, -0.2) is 35.6 Å². The van der Waals surface area contributed by atoms with Crippen LogP contribution in [-0.2, 0) is 13.6 Å². The van der Waals surface area contributed by atoms with Crippen molar-refractivity contribution < 1.29 is 0 Å². The summed E-state index contributed by atoms with van der Waals surface area (Å²) in [4.78, 5) is 2.56. The van der Waals surface area contributed by atoms with E-state index in [2.05, 4.69) is 23.2 Å². The van der Waals surface area contributed by atoms with Crippen molar-refractivity contribution >= 4 is 0 Å². The zero-order valence-corrected chi connectivity index (χ0v) is 12.0. The lowest BCUT2D eigenvalue weighted by Crippen LogP contribution is -2.31. The van der Waals surface area contributed by atoms with Crippen molar-refractivity contribution in [3.05, 3.63) is 23.5 Å². The van der Waals surface area contributed by atoms with Crippen LogP contribution in [0.5, 0.6) is 0 Å². The minimum atomic E-state index is 0.678. The second-order valence-electron chi connectivity index (χ2n) is 5.70. The standard InChI is InChI=1S/C15H24N4/c1-13(11-19-5-3-4-6-19)9-17-10-14-7-15(8-16)18(2)12-14/h7,12-13,17H,3-6,9-11H2,1-2H3. The highest BCUT2D eigenvalue weighted by molar-refractivity contribution is 5.28. The quantitative estimate of drug-likeness (QED) is 0.847. The van der Waals surface area contributed by atoms with Gasteiger partial charge < -0.3 is 14.8 Å². The zero-order valence-electron chi connectivity index (χ0n) is 12.0. The largest absolute Gasteiger partial charge is 0.342 e. The molecule has 2 heterocycles. The van der Waals surface area contributed by atoms with Crippen LogP contribution in [0.2, 0.25) is 0 Å². The van der Waals surface area contributed by atoms with Crippen molar-refractivity contribution in [1.82, 2.24) is 14.8 Å². The fourth-order valence-corrected chi connectivity index (χ4v) is 2.77. The first kappa shape index (κ1) is 14.1. The summed E-state index contributed by atoms with van der Waals surface area (Å²) in [5.74, 6) is 0.678. The van der Waals surface area contributed by atoms with Gasteiger partial charge in [-0.1, -0.05) is 6.92 Å². The van der Waals surface area contributed by atoms with Gasteiger partial charge in [0, 0.05) is 26.3 Å². The van der Waals surface area contributed by atoms with Crippen LogP contribution in [0.15, 0.2) is 12.3 Å². The van der Waals surface area contributed by atoms with Crippen molar-refractivity contribution in [3.8, 4) is 6.07 Å². The lowest BCUT2D eigenvalue weighted by atomic mass is 10.1. The van der Waals surface area contributed by atoms with E-state index in [1.165, 1.54) is 38.0 Å². The van der Waals surface area contributed by atoms with Crippen LogP contribution in [0.3, 0.4) is 0 Å². The average molecular weight is 260 g/mol. The van der Waals surface area contributed by atoms with E-state index in [9.17, 15) is 0 Å². The molecule has 1 aliphatic heterocycles. The van der Waals surface area contributed by atoms with Gasteiger partial charge in [-0.2, -0.15) is 5.26 Å². The molecule has 1 saturated heterocycles. The first-order valence-electron chi connectivity index (χ1n) is 7.17. The zero-order chi connectivity index (χ0) is 13.7. The Balaban J connectivity index is 1.69. The van der Waals surface area contributed by atoms with E-state index in [1.54, 1.807) is 0 Å². The molecule has 1 atom stereocenters. The summed E-state index contributed by atoms with van der Waals surface area (Å²) in [5, 5.41) is 12.4. The molecule has 1 fully saturated rings. The summed E-state index contributed by atoms with van der Waals surface area (Å²) in [7, 11) is 1.91. The molecule has 0 bridgehead atoms. The number of likely N-dealkylation sites (tertiary alicyclic amines) is 1. The normalized spacial score (nSPS) is 17.5. The molecule has 19 heavy (non-hydrogen) atoms.